The molecule has 1 amide bonds. The van der Waals surface area contributed by atoms with Crippen molar-refractivity contribution in [1.29, 1.82) is 0 Å². The predicted molar refractivity (Wildman–Crippen MR) is 51.7 cm³/mol. The first-order chi connectivity index (χ1) is 6.13. The number of nitrogens with one attached hydrogen (secondary N) is 1. The maximum atomic E-state index is 10.7. The van der Waals surface area contributed by atoms with E-state index in [0.29, 0.717) is 16.3 Å². The average molecular weight is 200 g/mol. The van der Waals surface area contributed by atoms with E-state index in [1.807, 2.05) is 0 Å². The second-order valence-electron chi connectivity index (χ2n) is 2.65. The minimum Gasteiger partial charge on any atom is -0.392 e. The molecule has 0 saturated heterocycles. The van der Waals surface area contributed by atoms with Gasteiger partial charge in [-0.1, -0.05) is 17.7 Å². The molecule has 70 valence electrons. The number of hydrogen-bond donors (Lipinski definition) is 2. The largest absolute Gasteiger partial charge is 0.392 e. The van der Waals surface area contributed by atoms with E-state index in [9.17, 15) is 4.79 Å². The maximum Gasteiger partial charge on any atom is 0.221 e. The van der Waals surface area contributed by atoms with Crippen LogP contribution in [0, 0.1) is 0 Å². The molecule has 0 unspecified atom stereocenters. The van der Waals surface area contributed by atoms with Gasteiger partial charge >= 0.3 is 0 Å². The van der Waals surface area contributed by atoms with Crippen molar-refractivity contribution in [3.8, 4) is 0 Å². The fourth-order valence-electron chi connectivity index (χ4n) is 0.957. The fraction of sp³-hybridized carbons (Fsp3) is 0.222. The number of hydrogen-bond acceptors (Lipinski definition) is 2. The van der Waals surface area contributed by atoms with Crippen molar-refractivity contribution in [3.63, 3.8) is 0 Å². The van der Waals surface area contributed by atoms with Gasteiger partial charge in [0, 0.05) is 17.6 Å². The zero-order chi connectivity index (χ0) is 9.84. The molecule has 4 heteroatoms. The highest BCUT2D eigenvalue weighted by Crippen LogP contribution is 2.20. The quantitative estimate of drug-likeness (QED) is 0.763. The molecule has 0 aliphatic rings. The van der Waals surface area contributed by atoms with Crippen molar-refractivity contribution in [2.24, 2.45) is 0 Å². The summed E-state index contributed by atoms with van der Waals surface area (Å²) in [5.74, 6) is -0.146. The van der Waals surface area contributed by atoms with Crippen molar-refractivity contribution in [1.82, 2.24) is 0 Å². The Balaban J connectivity index is 2.89. The van der Waals surface area contributed by atoms with E-state index in [1.54, 1.807) is 18.2 Å². The maximum absolute atomic E-state index is 10.7. The molecule has 3 nitrogen and oxygen atoms in total. The third-order valence-corrected chi connectivity index (χ3v) is 1.90. The Morgan fingerprint density at radius 1 is 1.62 bits per heavy atom. The van der Waals surface area contributed by atoms with Crippen LogP contribution in [0.1, 0.15) is 12.5 Å². The minimum absolute atomic E-state index is 0.0980. The van der Waals surface area contributed by atoms with E-state index >= 15 is 0 Å². The lowest BCUT2D eigenvalue weighted by molar-refractivity contribution is -0.114. The molecular weight excluding hydrogens is 190 g/mol. The van der Waals surface area contributed by atoms with Crippen molar-refractivity contribution in [2.75, 3.05) is 5.32 Å². The van der Waals surface area contributed by atoms with Crippen LogP contribution in [0.25, 0.3) is 0 Å². The number of rotatable bonds is 2. The minimum atomic E-state index is -0.146. The van der Waals surface area contributed by atoms with Crippen molar-refractivity contribution < 1.29 is 9.90 Å². The van der Waals surface area contributed by atoms with E-state index < -0.39 is 0 Å². The Bertz CT molecular complexity index is 325. The number of carbonyl (C=O) groups excluding carboxylic acids is 1. The Morgan fingerprint density at radius 2 is 2.31 bits per heavy atom. The van der Waals surface area contributed by atoms with Crippen molar-refractivity contribution in [2.45, 2.75) is 13.5 Å². The molecule has 0 atom stereocenters. The molecule has 2 N–H and O–H groups in total. The number of halogens is 1. The fourth-order valence-corrected chi connectivity index (χ4v) is 1.20. The van der Waals surface area contributed by atoms with Crippen LogP contribution in [-0.4, -0.2) is 11.0 Å². The van der Waals surface area contributed by atoms with Gasteiger partial charge in [0.1, 0.15) is 0 Å². The Kier molecular flexibility index (Phi) is 3.28. The van der Waals surface area contributed by atoms with Crippen LogP contribution >= 0.6 is 11.6 Å². The van der Waals surface area contributed by atoms with Gasteiger partial charge in [0.15, 0.2) is 0 Å². The van der Waals surface area contributed by atoms with Crippen LogP contribution in [0.15, 0.2) is 18.2 Å². The molecule has 0 aliphatic carbocycles. The van der Waals surface area contributed by atoms with Crippen molar-refractivity contribution >= 4 is 23.2 Å². The lowest BCUT2D eigenvalue weighted by Crippen LogP contribution is -2.05. The molecule has 0 aliphatic heterocycles. The van der Waals surface area contributed by atoms with Crippen molar-refractivity contribution in [3.05, 3.63) is 28.8 Å². The summed E-state index contributed by atoms with van der Waals surface area (Å²) in [6, 6.07) is 4.97. The van der Waals surface area contributed by atoms with E-state index in [-0.39, 0.29) is 12.5 Å². The number of aliphatic hydroxyl groups excluding tert-OH is 1. The highest BCUT2D eigenvalue weighted by atomic mass is 35.5. The SMILES string of the molecule is CC(=O)Nc1ccc(CO)c(Cl)c1. The standard InChI is InChI=1S/C9H10ClNO2/c1-6(13)11-8-3-2-7(5-12)9(10)4-8/h2-4,12H,5H2,1H3,(H,11,13). The van der Waals surface area contributed by atoms with Gasteiger partial charge in [0.05, 0.1) is 6.61 Å². The van der Waals surface area contributed by atoms with Crippen LogP contribution in [0.4, 0.5) is 5.69 Å². The molecule has 0 radical (unpaired) electrons. The van der Waals surface area contributed by atoms with E-state index in [1.165, 1.54) is 6.92 Å². The highest BCUT2D eigenvalue weighted by Gasteiger charge is 2.01. The number of amides is 1. The van der Waals surface area contributed by atoms with E-state index in [4.69, 9.17) is 16.7 Å². The predicted octanol–water partition coefficient (Wildman–Crippen LogP) is 1.79. The van der Waals surface area contributed by atoms with Crippen LogP contribution in [0.3, 0.4) is 0 Å². The Labute approximate surface area is 81.3 Å². The topological polar surface area (TPSA) is 49.3 Å². The lowest BCUT2D eigenvalue weighted by atomic mass is 10.2. The average Bonchev–Trinajstić information content (AvgIpc) is 2.03. The summed E-state index contributed by atoms with van der Waals surface area (Å²) in [5.41, 5.74) is 1.28. The zero-order valence-corrected chi connectivity index (χ0v) is 7.93. The molecule has 0 saturated carbocycles. The van der Waals surface area contributed by atoms with Gasteiger partial charge in [-0.3, -0.25) is 4.79 Å². The summed E-state index contributed by atoms with van der Waals surface area (Å²) in [4.78, 5) is 10.7. The highest BCUT2D eigenvalue weighted by molar-refractivity contribution is 6.31. The molecule has 1 aromatic carbocycles. The second-order valence-corrected chi connectivity index (χ2v) is 3.05. The molecular formula is C9H10ClNO2. The molecule has 13 heavy (non-hydrogen) atoms. The molecule has 0 aromatic heterocycles. The zero-order valence-electron chi connectivity index (χ0n) is 7.17. The van der Waals surface area contributed by atoms with Gasteiger partial charge in [0.25, 0.3) is 0 Å². The summed E-state index contributed by atoms with van der Waals surface area (Å²) < 4.78 is 0. The van der Waals surface area contributed by atoms with Crippen LogP contribution in [0.2, 0.25) is 5.02 Å². The van der Waals surface area contributed by atoms with Crippen LogP contribution < -0.4 is 5.32 Å². The lowest BCUT2D eigenvalue weighted by Gasteiger charge is -2.04. The van der Waals surface area contributed by atoms with Crippen LogP contribution in [0.5, 0.6) is 0 Å². The molecule has 0 fully saturated rings. The first kappa shape index (κ1) is 10.0. The third-order valence-electron chi connectivity index (χ3n) is 1.54. The molecule has 1 aromatic rings. The van der Waals surface area contributed by atoms with Gasteiger partial charge in [-0.05, 0) is 17.7 Å². The first-order valence-electron chi connectivity index (χ1n) is 3.80. The summed E-state index contributed by atoms with van der Waals surface area (Å²) in [7, 11) is 0. The first-order valence-corrected chi connectivity index (χ1v) is 4.18. The monoisotopic (exact) mass is 199 g/mol. The molecule has 0 bridgehead atoms. The van der Waals surface area contributed by atoms with Gasteiger partial charge in [-0.2, -0.15) is 0 Å². The Hall–Kier alpha value is -1.06. The van der Waals surface area contributed by atoms with Crippen LogP contribution in [-0.2, 0) is 11.4 Å². The number of anilines is 1. The number of benzene rings is 1. The summed E-state index contributed by atoms with van der Waals surface area (Å²) in [5, 5.41) is 11.9. The molecule has 1 rings (SSSR count). The second kappa shape index (κ2) is 4.25. The van der Waals surface area contributed by atoms with E-state index in [0.717, 1.165) is 0 Å². The summed E-state index contributed by atoms with van der Waals surface area (Å²) in [6.45, 7) is 1.33. The van der Waals surface area contributed by atoms with Gasteiger partial charge < -0.3 is 10.4 Å². The molecule has 0 heterocycles. The Morgan fingerprint density at radius 3 is 2.77 bits per heavy atom. The molecule has 0 spiro atoms. The number of aliphatic hydroxyl groups is 1. The van der Waals surface area contributed by atoms with E-state index in [2.05, 4.69) is 5.32 Å². The number of carbonyl (C=O) groups is 1. The summed E-state index contributed by atoms with van der Waals surface area (Å²) >= 11 is 5.80. The summed E-state index contributed by atoms with van der Waals surface area (Å²) in [6.07, 6.45) is 0. The third kappa shape index (κ3) is 2.72. The van der Waals surface area contributed by atoms with Gasteiger partial charge in [-0.15, -0.1) is 0 Å². The van der Waals surface area contributed by atoms with Gasteiger partial charge in [-0.25, -0.2) is 0 Å². The van der Waals surface area contributed by atoms with Gasteiger partial charge in [0.2, 0.25) is 5.91 Å². The normalized spacial score (nSPS) is 9.77. The smallest absolute Gasteiger partial charge is 0.221 e.